The minimum Gasteiger partial charge on any atom is -0.453 e. The van der Waals surface area contributed by atoms with Crippen molar-refractivity contribution in [3.63, 3.8) is 0 Å². The summed E-state index contributed by atoms with van der Waals surface area (Å²) in [4.78, 5) is 68.2. The van der Waals surface area contributed by atoms with Crippen molar-refractivity contribution in [2.75, 3.05) is 53.0 Å². The van der Waals surface area contributed by atoms with Gasteiger partial charge in [0, 0.05) is 43.6 Å². The fourth-order valence-electron chi connectivity index (χ4n) is 10.7. The van der Waals surface area contributed by atoms with Gasteiger partial charge in [0.15, 0.2) is 0 Å². The highest BCUT2D eigenvalue weighted by Gasteiger charge is 2.41. The third kappa shape index (κ3) is 9.16. The van der Waals surface area contributed by atoms with Gasteiger partial charge in [0.2, 0.25) is 17.7 Å². The molecule has 5 atom stereocenters. The zero-order valence-corrected chi connectivity index (χ0v) is 39.1. The second kappa shape index (κ2) is 19.5. The quantitative estimate of drug-likeness (QED) is 0.0994. The lowest BCUT2D eigenvalue weighted by Gasteiger charge is -2.33. The Morgan fingerprint density at radius 3 is 2.31 bits per heavy atom. The van der Waals surface area contributed by atoms with Gasteiger partial charge >= 0.3 is 6.09 Å². The van der Waals surface area contributed by atoms with Crippen LogP contribution in [0, 0.1) is 5.92 Å². The van der Waals surface area contributed by atoms with Crippen LogP contribution in [0.1, 0.15) is 79.8 Å². The summed E-state index contributed by atoms with van der Waals surface area (Å²) in [5.41, 5.74) is 9.48. The Kier molecular flexibility index (Phi) is 12.9. The van der Waals surface area contributed by atoms with Crippen molar-refractivity contribution in [2.24, 2.45) is 5.92 Å². The first-order valence-electron chi connectivity index (χ1n) is 24.2. The van der Waals surface area contributed by atoms with Gasteiger partial charge in [-0.05, 0) is 95.2 Å². The molecule has 0 radical (unpaired) electrons. The van der Waals surface area contributed by atoms with E-state index in [1.54, 1.807) is 0 Å². The number of rotatable bonds is 12. The summed E-state index contributed by atoms with van der Waals surface area (Å²) in [7, 11) is 1.31. The topological polar surface area (TPSA) is 173 Å². The Bertz CT molecular complexity index is 2730. The lowest BCUT2D eigenvalue weighted by atomic mass is 9.89. The molecule has 354 valence electrons. The Morgan fingerprint density at radius 1 is 0.809 bits per heavy atom. The first-order valence-corrected chi connectivity index (χ1v) is 24.2. The van der Waals surface area contributed by atoms with Crippen molar-refractivity contribution < 1.29 is 28.7 Å². The van der Waals surface area contributed by atoms with E-state index < -0.39 is 18.2 Å². The smallest absolute Gasteiger partial charge is 0.407 e. The number of morpholine rings is 1. The van der Waals surface area contributed by atoms with E-state index in [4.69, 9.17) is 14.5 Å². The molecule has 0 saturated carbocycles. The van der Waals surface area contributed by atoms with Crippen LogP contribution in [0.3, 0.4) is 0 Å². The van der Waals surface area contributed by atoms with Gasteiger partial charge in [0.05, 0.1) is 50.3 Å². The molecule has 5 aliphatic rings. The number of H-pyrrole nitrogens is 1. The van der Waals surface area contributed by atoms with Gasteiger partial charge in [-0.3, -0.25) is 19.3 Å². The molecule has 1 aliphatic carbocycles. The molecule has 68 heavy (non-hydrogen) atoms. The van der Waals surface area contributed by atoms with E-state index in [0.717, 1.165) is 100 Å². The molecule has 0 spiro atoms. The number of nitrogens with zero attached hydrogens (tertiary/aromatic N) is 4. The van der Waals surface area contributed by atoms with Crippen molar-refractivity contribution in [1.82, 2.24) is 45.9 Å². The first-order chi connectivity index (χ1) is 33.1. The molecule has 3 saturated heterocycles. The molecule has 1 aromatic heterocycles. The molecule has 4 aliphatic heterocycles. The molecule has 15 nitrogen and oxygen atoms in total. The molecule has 10 rings (SSSR count). The summed E-state index contributed by atoms with van der Waals surface area (Å²) in [5, 5.41) is 15.3. The van der Waals surface area contributed by atoms with Crippen LogP contribution in [-0.2, 0) is 36.7 Å². The number of aromatic nitrogens is 2. The fourth-order valence-corrected chi connectivity index (χ4v) is 10.7. The van der Waals surface area contributed by atoms with Gasteiger partial charge in [-0.25, -0.2) is 9.78 Å². The number of amides is 4. The maximum absolute atomic E-state index is 14.4. The van der Waals surface area contributed by atoms with Gasteiger partial charge < -0.3 is 45.5 Å². The SMILES string of the molecule is COC(=O)N[C@H](C(=O)N1CCC[C@H]1c1nc2c([nH]1)CCc1cc(-c3ccc4cc(C5=CNC([C@@H]6CCCN6C(=O)[C@H](NC(=O)CN6CCOCC6)c6ccccc6)N5)ccc4c3)ccc1-2)C(C)C. The molecular formula is C53H61N9O6. The molecule has 1 unspecified atom stereocenters. The highest BCUT2D eigenvalue weighted by Crippen LogP contribution is 2.39. The van der Waals surface area contributed by atoms with E-state index >= 15 is 0 Å². The lowest BCUT2D eigenvalue weighted by molar-refractivity contribution is -0.138. The van der Waals surface area contributed by atoms with Crippen molar-refractivity contribution in [3.05, 3.63) is 119 Å². The second-order valence-corrected chi connectivity index (χ2v) is 19.0. The van der Waals surface area contributed by atoms with E-state index in [0.29, 0.717) is 39.4 Å². The molecule has 0 bridgehead atoms. The molecule has 5 heterocycles. The molecular weight excluding hydrogens is 859 g/mol. The third-order valence-electron chi connectivity index (χ3n) is 14.4. The van der Waals surface area contributed by atoms with Crippen molar-refractivity contribution in [3.8, 4) is 22.4 Å². The van der Waals surface area contributed by atoms with Crippen LogP contribution in [0.25, 0.3) is 38.9 Å². The summed E-state index contributed by atoms with van der Waals surface area (Å²) in [6.45, 7) is 7.90. The third-order valence-corrected chi connectivity index (χ3v) is 14.4. The largest absolute Gasteiger partial charge is 0.453 e. The molecule has 3 fully saturated rings. The van der Waals surface area contributed by atoms with E-state index in [-0.39, 0.29) is 48.4 Å². The number of imidazole rings is 1. The number of methoxy groups -OCH3 is 1. The Morgan fingerprint density at radius 2 is 1.53 bits per heavy atom. The number of likely N-dealkylation sites (tertiary alicyclic amines) is 2. The Hall–Kier alpha value is -6.71. The molecule has 4 aromatic carbocycles. The summed E-state index contributed by atoms with van der Waals surface area (Å²) in [6.07, 6.45) is 6.32. The molecule has 5 N–H and O–H groups in total. The number of hydrogen-bond donors (Lipinski definition) is 5. The Labute approximate surface area is 397 Å². The van der Waals surface area contributed by atoms with Crippen molar-refractivity contribution >= 4 is 40.3 Å². The number of carbonyl (C=O) groups excluding carboxylic acids is 4. The summed E-state index contributed by atoms with van der Waals surface area (Å²) >= 11 is 0. The van der Waals surface area contributed by atoms with Gasteiger partial charge in [0.25, 0.3) is 0 Å². The lowest BCUT2D eigenvalue weighted by Crippen LogP contribution is -2.54. The predicted octanol–water partition coefficient (Wildman–Crippen LogP) is 6.04. The van der Waals surface area contributed by atoms with Crippen molar-refractivity contribution in [2.45, 2.75) is 82.7 Å². The number of nitrogens with one attached hydrogen (secondary N) is 5. The van der Waals surface area contributed by atoms with Crippen LogP contribution in [0.5, 0.6) is 0 Å². The number of alkyl carbamates (subject to hydrolysis) is 1. The molecule has 4 amide bonds. The standard InChI is InChI=1S/C53H61N9O6/c1-32(2)46(59-53(66)67-3)51(64)62-22-8-12-44(62)50-55-41-20-18-38-28-37(17-19-40(38)48(41)58-50)34-13-14-36-29-39(16-15-35(36)27-34)42-30-54-49(56-42)43-11-7-21-61(43)52(65)47(33-9-5-4-6-10-33)57-45(63)31-60-23-25-68-26-24-60/h4-6,9-10,13-17,19,27-30,32,43-44,46-47,49,54,56H,7-8,11-12,18,20-26,31H2,1-3H3,(H,55,58)(H,57,63)(H,59,66)/t43-,44-,46-,47+,49?/m0/s1. The maximum Gasteiger partial charge on any atom is 0.407 e. The van der Waals surface area contributed by atoms with Gasteiger partial charge in [0.1, 0.15) is 24.1 Å². The number of hydrogen-bond acceptors (Lipinski definition) is 10. The summed E-state index contributed by atoms with van der Waals surface area (Å²) in [6, 6.07) is 27.6. The minimum absolute atomic E-state index is 0.0969. The van der Waals surface area contributed by atoms with E-state index in [1.165, 1.54) is 12.7 Å². The van der Waals surface area contributed by atoms with Crippen LogP contribution in [-0.4, -0.2) is 120 Å². The Balaban J connectivity index is 0.803. The number of benzene rings is 4. The van der Waals surface area contributed by atoms with E-state index in [9.17, 15) is 19.2 Å². The molecule has 5 aromatic rings. The van der Waals surface area contributed by atoms with Crippen LogP contribution in [0.2, 0.25) is 0 Å². The van der Waals surface area contributed by atoms with Gasteiger partial charge in [-0.2, -0.15) is 0 Å². The zero-order chi connectivity index (χ0) is 46.9. The average Bonchev–Trinajstić information content (AvgIpc) is 4.22. The normalized spacial score (nSPS) is 21.1. The van der Waals surface area contributed by atoms with Crippen LogP contribution in [0.15, 0.2) is 91.1 Å². The summed E-state index contributed by atoms with van der Waals surface area (Å²) < 4.78 is 10.3. The second-order valence-electron chi connectivity index (χ2n) is 19.0. The highest BCUT2D eigenvalue weighted by atomic mass is 16.5. The van der Waals surface area contributed by atoms with Gasteiger partial charge in [-0.15, -0.1) is 0 Å². The van der Waals surface area contributed by atoms with Gasteiger partial charge in [-0.1, -0.05) is 86.6 Å². The van der Waals surface area contributed by atoms with Crippen LogP contribution in [0.4, 0.5) is 4.79 Å². The monoisotopic (exact) mass is 919 g/mol. The van der Waals surface area contributed by atoms with E-state index in [1.807, 2.05) is 60.2 Å². The van der Waals surface area contributed by atoms with E-state index in [2.05, 4.69) is 85.7 Å². The minimum atomic E-state index is -0.778. The number of aryl methyl sites for hydroxylation is 2. The summed E-state index contributed by atoms with van der Waals surface area (Å²) in [5.74, 6) is 0.317. The van der Waals surface area contributed by atoms with Crippen molar-refractivity contribution in [1.29, 1.82) is 0 Å². The zero-order valence-electron chi connectivity index (χ0n) is 39.1. The van der Waals surface area contributed by atoms with Crippen LogP contribution >= 0.6 is 0 Å². The number of aromatic amines is 1. The highest BCUT2D eigenvalue weighted by molar-refractivity contribution is 5.92. The van der Waals surface area contributed by atoms with Crippen LogP contribution < -0.4 is 21.3 Å². The average molecular weight is 920 g/mol. The number of carbonyl (C=O) groups is 4. The predicted molar refractivity (Wildman–Crippen MR) is 260 cm³/mol. The fraction of sp³-hybridized carbons (Fsp3) is 0.415. The number of fused-ring (bicyclic) bond motifs is 4. The molecule has 15 heteroatoms. The number of ether oxygens (including phenoxy) is 2. The first kappa shape index (κ1) is 45.1. The maximum atomic E-state index is 14.4.